The van der Waals surface area contributed by atoms with E-state index >= 15 is 0 Å². The first-order valence-electron chi connectivity index (χ1n) is 5.15. The zero-order chi connectivity index (χ0) is 10.1. The van der Waals surface area contributed by atoms with Gasteiger partial charge in [-0.05, 0) is 17.2 Å². The highest BCUT2D eigenvalue weighted by Gasteiger charge is 2.33. The lowest BCUT2D eigenvalue weighted by atomic mass is 9.70. The molecule has 3 aliphatic carbocycles. The molecule has 0 saturated heterocycles. The molecule has 0 bridgehead atoms. The minimum Gasteiger partial charge on any atom is -0.0658 e. The smallest absolute Gasteiger partial charge is 0.0574 e. The molecule has 0 aromatic heterocycles. The van der Waals surface area contributed by atoms with Crippen molar-refractivity contribution in [1.82, 2.24) is 0 Å². The Kier molecular flexibility index (Phi) is 1.75. The molecule has 0 heterocycles. The Morgan fingerprint density at radius 1 is 0.867 bits per heavy atom. The Bertz CT molecular complexity index is 442. The van der Waals surface area contributed by atoms with E-state index in [0.717, 1.165) is 0 Å². The molecule has 3 aliphatic rings. The van der Waals surface area contributed by atoms with Gasteiger partial charge < -0.3 is 0 Å². The lowest BCUT2D eigenvalue weighted by molar-refractivity contribution is 0.722. The molecule has 1 spiro atoms. The maximum Gasteiger partial charge on any atom is 0.0574 e. The first kappa shape index (κ1) is 8.49. The van der Waals surface area contributed by atoms with Gasteiger partial charge in [0.25, 0.3) is 0 Å². The van der Waals surface area contributed by atoms with E-state index in [9.17, 15) is 0 Å². The van der Waals surface area contributed by atoms with Crippen LogP contribution < -0.4 is 0 Å². The monoisotopic (exact) mass is 191 g/mol. The second-order valence-electron chi connectivity index (χ2n) is 3.84. The molecule has 0 heteroatoms. The average Bonchev–Trinajstić information content (AvgIpc) is 2.47. The summed E-state index contributed by atoms with van der Waals surface area (Å²) in [5.41, 5.74) is 2.44. The molecule has 3 rings (SSSR count). The van der Waals surface area contributed by atoms with Crippen LogP contribution in [0.5, 0.6) is 0 Å². The zero-order valence-corrected chi connectivity index (χ0v) is 8.35. The topological polar surface area (TPSA) is 0 Å². The molecule has 0 N–H and O–H groups in total. The van der Waals surface area contributed by atoms with Crippen molar-refractivity contribution in [3.05, 3.63) is 84.1 Å². The van der Waals surface area contributed by atoms with Gasteiger partial charge in [0.15, 0.2) is 0 Å². The largest absolute Gasteiger partial charge is 0.0658 e. The van der Waals surface area contributed by atoms with E-state index in [2.05, 4.69) is 66.8 Å². The standard InChI is InChI=1S/C15H11/c1-2-8-14-10-4-6-12-15(14)11-5-3-9-13(15)7-1/h1-9,11-12H. The highest BCUT2D eigenvalue weighted by Crippen LogP contribution is 2.44. The lowest BCUT2D eigenvalue weighted by Crippen LogP contribution is -2.22. The number of hydrogen-bond acceptors (Lipinski definition) is 0. The van der Waals surface area contributed by atoms with Gasteiger partial charge in [-0.2, -0.15) is 0 Å². The van der Waals surface area contributed by atoms with E-state index in [1.54, 1.807) is 0 Å². The predicted octanol–water partition coefficient (Wildman–Crippen LogP) is 3.45. The summed E-state index contributed by atoms with van der Waals surface area (Å²) < 4.78 is 0. The van der Waals surface area contributed by atoms with Crippen LogP contribution in [0, 0.1) is 11.5 Å². The summed E-state index contributed by atoms with van der Waals surface area (Å²) in [5, 5.41) is 0. The van der Waals surface area contributed by atoms with Gasteiger partial charge in [0.2, 0.25) is 0 Å². The third-order valence-corrected chi connectivity index (χ3v) is 3.01. The van der Waals surface area contributed by atoms with E-state index in [1.807, 2.05) is 6.08 Å². The van der Waals surface area contributed by atoms with Crippen LogP contribution in [-0.2, 0) is 0 Å². The maximum absolute atomic E-state index is 3.32. The fourth-order valence-corrected chi connectivity index (χ4v) is 2.24. The third kappa shape index (κ3) is 1.15. The van der Waals surface area contributed by atoms with Crippen molar-refractivity contribution in [2.24, 2.45) is 5.41 Å². The van der Waals surface area contributed by atoms with Gasteiger partial charge in [-0.25, -0.2) is 0 Å². The van der Waals surface area contributed by atoms with Crippen LogP contribution in [0.1, 0.15) is 0 Å². The van der Waals surface area contributed by atoms with Crippen molar-refractivity contribution in [3.8, 4) is 0 Å². The van der Waals surface area contributed by atoms with Crippen LogP contribution in [-0.4, -0.2) is 0 Å². The van der Waals surface area contributed by atoms with Crippen LogP contribution in [0.4, 0.5) is 0 Å². The highest BCUT2D eigenvalue weighted by atomic mass is 14.3. The fourth-order valence-electron chi connectivity index (χ4n) is 2.24. The minimum atomic E-state index is -0.0764. The summed E-state index contributed by atoms with van der Waals surface area (Å²) in [7, 11) is 0. The van der Waals surface area contributed by atoms with Crippen molar-refractivity contribution in [3.63, 3.8) is 0 Å². The Balaban J connectivity index is 2.27. The van der Waals surface area contributed by atoms with Crippen LogP contribution >= 0.6 is 0 Å². The zero-order valence-electron chi connectivity index (χ0n) is 8.35. The van der Waals surface area contributed by atoms with Crippen LogP contribution in [0.15, 0.2) is 78.0 Å². The maximum atomic E-state index is 3.32. The molecule has 0 aromatic carbocycles. The van der Waals surface area contributed by atoms with Crippen molar-refractivity contribution in [2.75, 3.05) is 0 Å². The van der Waals surface area contributed by atoms with Crippen molar-refractivity contribution < 1.29 is 0 Å². The molecule has 0 aromatic rings. The SMILES string of the molecule is [C]1=CC=CC23C=CC=CC2=CC=CC=C13. The second-order valence-corrected chi connectivity index (χ2v) is 3.84. The van der Waals surface area contributed by atoms with E-state index in [4.69, 9.17) is 0 Å². The molecule has 0 nitrogen and oxygen atoms in total. The van der Waals surface area contributed by atoms with Crippen molar-refractivity contribution in [1.29, 1.82) is 0 Å². The molecule has 0 saturated carbocycles. The molecule has 0 amide bonds. The summed E-state index contributed by atoms with van der Waals surface area (Å²) in [6, 6.07) is 0. The predicted molar refractivity (Wildman–Crippen MR) is 63.0 cm³/mol. The molecule has 1 unspecified atom stereocenters. The first-order chi connectivity index (χ1) is 7.42. The highest BCUT2D eigenvalue weighted by molar-refractivity contribution is 5.57. The molecule has 0 aliphatic heterocycles. The van der Waals surface area contributed by atoms with Gasteiger partial charge in [0, 0.05) is 0 Å². The summed E-state index contributed by atoms with van der Waals surface area (Å²) in [6.45, 7) is 0. The summed E-state index contributed by atoms with van der Waals surface area (Å²) in [4.78, 5) is 0. The fraction of sp³-hybridized carbons (Fsp3) is 0.0667. The Morgan fingerprint density at radius 3 is 2.73 bits per heavy atom. The lowest BCUT2D eigenvalue weighted by Gasteiger charge is -2.33. The molecule has 0 fully saturated rings. The van der Waals surface area contributed by atoms with Crippen LogP contribution in [0.25, 0.3) is 0 Å². The molecule has 15 heavy (non-hydrogen) atoms. The van der Waals surface area contributed by atoms with Gasteiger partial charge in [-0.3, -0.25) is 0 Å². The van der Waals surface area contributed by atoms with Gasteiger partial charge in [0.05, 0.1) is 5.41 Å². The number of rotatable bonds is 0. The minimum absolute atomic E-state index is 0.0764. The quantitative estimate of drug-likeness (QED) is 0.550. The molecule has 71 valence electrons. The van der Waals surface area contributed by atoms with E-state index in [0.29, 0.717) is 0 Å². The van der Waals surface area contributed by atoms with Gasteiger partial charge in [-0.1, -0.05) is 66.8 Å². The Morgan fingerprint density at radius 2 is 1.73 bits per heavy atom. The Hall–Kier alpha value is -1.82. The van der Waals surface area contributed by atoms with Crippen molar-refractivity contribution >= 4 is 0 Å². The molecule has 1 radical (unpaired) electrons. The molecular formula is C15H11. The summed E-state index contributed by atoms with van der Waals surface area (Å²) in [5.74, 6) is 0. The molecular weight excluding hydrogens is 180 g/mol. The van der Waals surface area contributed by atoms with Crippen LogP contribution in [0.3, 0.4) is 0 Å². The van der Waals surface area contributed by atoms with Gasteiger partial charge >= 0.3 is 0 Å². The van der Waals surface area contributed by atoms with E-state index < -0.39 is 0 Å². The van der Waals surface area contributed by atoms with Crippen molar-refractivity contribution in [2.45, 2.75) is 0 Å². The van der Waals surface area contributed by atoms with E-state index in [-0.39, 0.29) is 5.41 Å². The van der Waals surface area contributed by atoms with Gasteiger partial charge in [-0.15, -0.1) is 0 Å². The first-order valence-corrected chi connectivity index (χ1v) is 5.15. The van der Waals surface area contributed by atoms with E-state index in [1.165, 1.54) is 11.1 Å². The summed E-state index contributed by atoms with van der Waals surface area (Å²) in [6.07, 6.45) is 26.6. The van der Waals surface area contributed by atoms with Crippen LogP contribution in [0.2, 0.25) is 0 Å². The number of allylic oxidation sites excluding steroid dienone is 14. The van der Waals surface area contributed by atoms with Gasteiger partial charge in [0.1, 0.15) is 0 Å². The Labute approximate surface area is 90.0 Å². The normalized spacial score (nSPS) is 24.0. The average molecular weight is 191 g/mol. The number of hydrogen-bond donors (Lipinski definition) is 0. The summed E-state index contributed by atoms with van der Waals surface area (Å²) >= 11 is 0. The third-order valence-electron chi connectivity index (χ3n) is 3.01. The second kappa shape index (κ2) is 3.09. The molecule has 1 atom stereocenters.